The van der Waals surface area contributed by atoms with Crippen LogP contribution in [-0.2, 0) is 11.2 Å². The largest absolute Gasteiger partial charge is 0.480 e. The fraction of sp³-hybridized carbons (Fsp3) is 0.333. The van der Waals surface area contributed by atoms with Crippen LogP contribution in [-0.4, -0.2) is 21.5 Å². The van der Waals surface area contributed by atoms with E-state index in [1.807, 2.05) is 0 Å². The van der Waals surface area contributed by atoms with Crippen LogP contribution < -0.4 is 5.73 Å². The maximum absolute atomic E-state index is 10.3. The van der Waals surface area contributed by atoms with Crippen LogP contribution in [0.25, 0.3) is 0 Å². The quantitative estimate of drug-likeness (QED) is 0.677. The Morgan fingerprint density at radius 1 is 1.91 bits per heavy atom. The normalized spacial score (nSPS) is 12.8. The average Bonchev–Trinajstić information content (AvgIpc) is 2.39. The van der Waals surface area contributed by atoms with Gasteiger partial charge in [0.1, 0.15) is 6.04 Å². The second-order valence-electron chi connectivity index (χ2n) is 2.13. The molecule has 1 rings (SSSR count). The summed E-state index contributed by atoms with van der Waals surface area (Å²) in [5, 5.41) is 8.44. The molecule has 0 aromatic carbocycles. The van der Waals surface area contributed by atoms with Gasteiger partial charge in [0.05, 0.1) is 0 Å². The van der Waals surface area contributed by atoms with Crippen molar-refractivity contribution >= 4 is 17.5 Å². The molecule has 0 saturated heterocycles. The third-order valence-corrected chi connectivity index (χ3v) is 1.99. The van der Waals surface area contributed by atoms with Gasteiger partial charge >= 0.3 is 5.97 Å². The molecule has 4 nitrogen and oxygen atoms in total. The number of carboxylic acids is 1. The van der Waals surface area contributed by atoms with Gasteiger partial charge in [-0.2, -0.15) is 0 Å². The van der Waals surface area contributed by atoms with Crippen LogP contribution in [0.2, 0.25) is 0 Å². The van der Waals surface area contributed by atoms with Crippen molar-refractivity contribution in [3.8, 4) is 0 Å². The highest BCUT2D eigenvalue weighted by molar-refractivity contribution is 7.05. The predicted molar refractivity (Wildman–Crippen MR) is 41.4 cm³/mol. The molecule has 11 heavy (non-hydrogen) atoms. The van der Waals surface area contributed by atoms with E-state index in [0.29, 0.717) is 6.42 Å². The number of hydrogen-bond acceptors (Lipinski definition) is 4. The summed E-state index contributed by atoms with van der Waals surface area (Å²) in [6.45, 7) is 0. The Balaban J connectivity index is 2.50. The van der Waals surface area contributed by atoms with Gasteiger partial charge in [-0.3, -0.25) is 4.79 Å². The first-order chi connectivity index (χ1) is 5.20. The van der Waals surface area contributed by atoms with Gasteiger partial charge in [-0.15, -0.1) is 0 Å². The summed E-state index contributed by atoms with van der Waals surface area (Å²) in [6, 6.07) is 0.962. The Hall–Kier alpha value is -0.940. The molecule has 0 saturated carbocycles. The SMILES string of the molecule is N[C@@H](Cc1ccns1)C(=O)O. The molecular formula is C6H8N2O2S. The lowest BCUT2D eigenvalue weighted by Crippen LogP contribution is -2.31. The van der Waals surface area contributed by atoms with E-state index in [2.05, 4.69) is 4.37 Å². The number of rotatable bonds is 3. The number of aliphatic carboxylic acids is 1. The van der Waals surface area contributed by atoms with Gasteiger partial charge in [-0.25, -0.2) is 4.37 Å². The first-order valence-electron chi connectivity index (χ1n) is 3.08. The summed E-state index contributed by atoms with van der Waals surface area (Å²) in [5.74, 6) is -0.974. The Labute approximate surface area is 67.8 Å². The molecule has 60 valence electrons. The van der Waals surface area contributed by atoms with E-state index in [1.165, 1.54) is 11.5 Å². The Morgan fingerprint density at radius 2 is 2.64 bits per heavy atom. The second kappa shape index (κ2) is 3.45. The Morgan fingerprint density at radius 3 is 3.09 bits per heavy atom. The summed E-state index contributed by atoms with van der Waals surface area (Å²) in [4.78, 5) is 11.2. The van der Waals surface area contributed by atoms with Crippen LogP contribution in [0, 0.1) is 0 Å². The van der Waals surface area contributed by atoms with Gasteiger partial charge in [0.15, 0.2) is 0 Å². The van der Waals surface area contributed by atoms with Gasteiger partial charge in [-0.05, 0) is 17.6 Å². The molecule has 0 aliphatic carbocycles. The van der Waals surface area contributed by atoms with E-state index in [0.717, 1.165) is 4.88 Å². The lowest BCUT2D eigenvalue weighted by molar-refractivity contribution is -0.138. The molecule has 0 fully saturated rings. The van der Waals surface area contributed by atoms with Gasteiger partial charge in [-0.1, -0.05) is 0 Å². The van der Waals surface area contributed by atoms with Crippen molar-refractivity contribution in [3.63, 3.8) is 0 Å². The minimum Gasteiger partial charge on any atom is -0.480 e. The van der Waals surface area contributed by atoms with Crippen molar-refractivity contribution in [2.45, 2.75) is 12.5 Å². The molecule has 0 spiro atoms. The first kappa shape index (κ1) is 8.16. The molecule has 0 aliphatic heterocycles. The summed E-state index contributed by atoms with van der Waals surface area (Å²) in [6.07, 6.45) is 1.99. The van der Waals surface area contributed by atoms with E-state index >= 15 is 0 Å². The lowest BCUT2D eigenvalue weighted by Gasteiger charge is -2.01. The fourth-order valence-electron chi connectivity index (χ4n) is 0.651. The van der Waals surface area contributed by atoms with Crippen LogP contribution in [0.4, 0.5) is 0 Å². The first-order valence-corrected chi connectivity index (χ1v) is 3.85. The van der Waals surface area contributed by atoms with Gasteiger partial charge in [0.2, 0.25) is 0 Å². The molecule has 0 amide bonds. The Bertz CT molecular complexity index is 235. The minimum absolute atomic E-state index is 0.361. The zero-order valence-electron chi connectivity index (χ0n) is 5.73. The third kappa shape index (κ3) is 2.28. The monoisotopic (exact) mass is 172 g/mol. The van der Waals surface area contributed by atoms with Crippen LogP contribution >= 0.6 is 11.5 Å². The Kier molecular flexibility index (Phi) is 2.56. The summed E-state index contributed by atoms with van der Waals surface area (Å²) in [5.41, 5.74) is 5.29. The molecule has 0 unspecified atom stereocenters. The molecule has 1 heterocycles. The third-order valence-electron chi connectivity index (χ3n) is 1.23. The van der Waals surface area contributed by atoms with Crippen LogP contribution in [0.15, 0.2) is 12.3 Å². The lowest BCUT2D eigenvalue weighted by atomic mass is 10.2. The van der Waals surface area contributed by atoms with E-state index in [4.69, 9.17) is 10.8 Å². The van der Waals surface area contributed by atoms with Crippen molar-refractivity contribution in [2.24, 2.45) is 5.73 Å². The zero-order chi connectivity index (χ0) is 8.27. The highest BCUT2D eigenvalue weighted by Gasteiger charge is 2.12. The second-order valence-corrected chi connectivity index (χ2v) is 3.05. The highest BCUT2D eigenvalue weighted by atomic mass is 32.1. The maximum Gasteiger partial charge on any atom is 0.320 e. The summed E-state index contributed by atoms with van der Waals surface area (Å²) >= 11 is 1.28. The van der Waals surface area contributed by atoms with Crippen molar-refractivity contribution in [1.29, 1.82) is 0 Å². The number of carboxylic acid groups (broad SMARTS) is 1. The topological polar surface area (TPSA) is 76.2 Å². The van der Waals surface area contributed by atoms with E-state index < -0.39 is 12.0 Å². The van der Waals surface area contributed by atoms with Crippen molar-refractivity contribution in [1.82, 2.24) is 4.37 Å². The van der Waals surface area contributed by atoms with Crippen LogP contribution in [0.1, 0.15) is 4.88 Å². The van der Waals surface area contributed by atoms with Crippen molar-refractivity contribution in [2.75, 3.05) is 0 Å². The number of carbonyl (C=O) groups is 1. The molecular weight excluding hydrogens is 164 g/mol. The fourth-order valence-corrected chi connectivity index (χ4v) is 1.28. The molecule has 3 N–H and O–H groups in total. The smallest absolute Gasteiger partial charge is 0.320 e. The van der Waals surface area contributed by atoms with E-state index in [9.17, 15) is 4.79 Å². The number of nitrogens with two attached hydrogens (primary N) is 1. The minimum atomic E-state index is -0.974. The van der Waals surface area contributed by atoms with Gasteiger partial charge in [0, 0.05) is 17.5 Å². The molecule has 0 aliphatic rings. The van der Waals surface area contributed by atoms with Crippen LogP contribution in [0.3, 0.4) is 0 Å². The van der Waals surface area contributed by atoms with Crippen molar-refractivity contribution < 1.29 is 9.90 Å². The van der Waals surface area contributed by atoms with Gasteiger partial charge < -0.3 is 10.8 Å². The summed E-state index contributed by atoms with van der Waals surface area (Å²) < 4.78 is 3.83. The summed E-state index contributed by atoms with van der Waals surface area (Å²) in [7, 11) is 0. The van der Waals surface area contributed by atoms with Gasteiger partial charge in [0.25, 0.3) is 0 Å². The molecule has 0 radical (unpaired) electrons. The zero-order valence-corrected chi connectivity index (χ0v) is 6.54. The van der Waals surface area contributed by atoms with E-state index in [-0.39, 0.29) is 0 Å². The number of hydrogen-bond donors (Lipinski definition) is 2. The molecule has 1 atom stereocenters. The standard InChI is InChI=1S/C6H8N2O2S/c7-5(6(9)10)3-4-1-2-8-11-4/h1-2,5H,3,7H2,(H,9,10)/t5-/m0/s1. The molecule has 5 heteroatoms. The van der Waals surface area contributed by atoms with Crippen molar-refractivity contribution in [3.05, 3.63) is 17.1 Å². The average molecular weight is 172 g/mol. The number of nitrogens with zero attached hydrogens (tertiary/aromatic N) is 1. The molecule has 1 aromatic heterocycles. The molecule has 1 aromatic rings. The van der Waals surface area contributed by atoms with E-state index in [1.54, 1.807) is 12.3 Å². The predicted octanol–water partition coefficient (Wildman–Crippen LogP) is 0.0975. The molecule has 0 bridgehead atoms. The van der Waals surface area contributed by atoms with Crippen LogP contribution in [0.5, 0.6) is 0 Å². The maximum atomic E-state index is 10.3. The highest BCUT2D eigenvalue weighted by Crippen LogP contribution is 2.06. The number of aromatic nitrogens is 1.